The summed E-state index contributed by atoms with van der Waals surface area (Å²) in [5.74, 6) is 2.02. The Morgan fingerprint density at radius 2 is 2.14 bits per heavy atom. The van der Waals surface area contributed by atoms with Crippen molar-refractivity contribution in [1.29, 1.82) is 0 Å². The Labute approximate surface area is 125 Å². The van der Waals surface area contributed by atoms with Crippen molar-refractivity contribution in [1.82, 2.24) is 15.2 Å². The van der Waals surface area contributed by atoms with Crippen molar-refractivity contribution in [3.63, 3.8) is 0 Å². The fourth-order valence-electron chi connectivity index (χ4n) is 2.66. The van der Waals surface area contributed by atoms with Gasteiger partial charge in [-0.1, -0.05) is 32.0 Å². The summed E-state index contributed by atoms with van der Waals surface area (Å²) in [5, 5.41) is 11.6. The van der Waals surface area contributed by atoms with Gasteiger partial charge in [-0.15, -0.1) is 5.10 Å². The van der Waals surface area contributed by atoms with Crippen LogP contribution in [-0.4, -0.2) is 27.8 Å². The number of hydrogen-bond acceptors (Lipinski definition) is 5. The van der Waals surface area contributed by atoms with Gasteiger partial charge in [-0.25, -0.2) is 0 Å². The van der Waals surface area contributed by atoms with Gasteiger partial charge in [-0.05, 0) is 30.9 Å². The monoisotopic (exact) mass is 283 g/mol. The predicted octanol–water partition coefficient (Wildman–Crippen LogP) is 3.02. The summed E-state index contributed by atoms with van der Waals surface area (Å²) in [4.78, 5) is 6.79. The molecular weight excluding hydrogens is 262 g/mol. The highest BCUT2D eigenvalue weighted by molar-refractivity contribution is 5.67. The topological polar surface area (TPSA) is 53.9 Å². The summed E-state index contributed by atoms with van der Waals surface area (Å²) in [6.45, 7) is 7.41. The van der Waals surface area contributed by atoms with Crippen LogP contribution in [0.25, 0.3) is 0 Å². The molecule has 110 valence electrons. The van der Waals surface area contributed by atoms with E-state index in [4.69, 9.17) is 0 Å². The third-order valence-corrected chi connectivity index (χ3v) is 3.66. The molecule has 0 amide bonds. The van der Waals surface area contributed by atoms with E-state index in [1.807, 2.05) is 0 Å². The van der Waals surface area contributed by atoms with Crippen LogP contribution in [0.5, 0.6) is 0 Å². The highest BCUT2D eigenvalue weighted by Gasteiger charge is 2.28. The second-order valence-corrected chi connectivity index (χ2v) is 5.97. The van der Waals surface area contributed by atoms with Gasteiger partial charge in [0.1, 0.15) is 0 Å². The fourth-order valence-corrected chi connectivity index (χ4v) is 2.66. The number of hydrogen-bond donors (Lipinski definition) is 1. The number of anilines is 3. The van der Waals surface area contributed by atoms with Crippen LogP contribution in [0.3, 0.4) is 0 Å². The second-order valence-electron chi connectivity index (χ2n) is 5.97. The van der Waals surface area contributed by atoms with Gasteiger partial charge in [0.2, 0.25) is 0 Å². The Hall–Kier alpha value is -2.17. The first-order chi connectivity index (χ1) is 10.1. The van der Waals surface area contributed by atoms with Gasteiger partial charge in [0.25, 0.3) is 5.95 Å². The number of benzene rings is 1. The smallest absolute Gasteiger partial charge is 0.252 e. The molecular formula is C16H21N5. The van der Waals surface area contributed by atoms with E-state index < -0.39 is 0 Å². The first-order valence-corrected chi connectivity index (χ1v) is 7.46. The molecule has 1 aromatic carbocycles. The molecule has 1 aliphatic rings. The zero-order chi connectivity index (χ0) is 14.8. The molecule has 0 saturated carbocycles. The normalized spacial score (nSPS) is 17.1. The highest BCUT2D eigenvalue weighted by Crippen LogP contribution is 2.36. The summed E-state index contributed by atoms with van der Waals surface area (Å²) in [5.41, 5.74) is 2.53. The second kappa shape index (κ2) is 5.68. The number of rotatable bonds is 4. The molecule has 3 rings (SSSR count). The number of para-hydroxylation sites is 1. The standard InChI is InChI=1S/C16H21N5/c1-11(2)9-17-15-10-18-20-16(19-15)21-12(3)8-13-6-4-5-7-14(13)21/h4-7,10-12H,8-9H2,1-3H3,(H,17,19,20). The Bertz CT molecular complexity index is 626. The molecule has 1 unspecified atom stereocenters. The van der Waals surface area contributed by atoms with Crippen LogP contribution in [0.4, 0.5) is 17.5 Å². The average molecular weight is 283 g/mol. The maximum absolute atomic E-state index is 4.62. The molecule has 1 aliphatic heterocycles. The van der Waals surface area contributed by atoms with Gasteiger partial charge in [-0.2, -0.15) is 10.1 Å². The van der Waals surface area contributed by atoms with E-state index in [0.717, 1.165) is 18.8 Å². The van der Waals surface area contributed by atoms with E-state index in [-0.39, 0.29) is 0 Å². The third kappa shape index (κ3) is 2.82. The summed E-state index contributed by atoms with van der Waals surface area (Å²) in [7, 11) is 0. The largest absolute Gasteiger partial charge is 0.368 e. The zero-order valence-electron chi connectivity index (χ0n) is 12.7. The molecule has 0 bridgehead atoms. The van der Waals surface area contributed by atoms with Gasteiger partial charge in [0, 0.05) is 18.3 Å². The number of aromatic nitrogens is 3. The van der Waals surface area contributed by atoms with Gasteiger partial charge < -0.3 is 10.2 Å². The minimum Gasteiger partial charge on any atom is -0.368 e. The molecule has 5 nitrogen and oxygen atoms in total. The molecule has 2 aromatic rings. The van der Waals surface area contributed by atoms with Gasteiger partial charge >= 0.3 is 0 Å². The zero-order valence-corrected chi connectivity index (χ0v) is 12.7. The quantitative estimate of drug-likeness (QED) is 0.934. The molecule has 0 spiro atoms. The van der Waals surface area contributed by atoms with E-state index >= 15 is 0 Å². The van der Waals surface area contributed by atoms with Crippen molar-refractivity contribution in [2.24, 2.45) is 5.92 Å². The van der Waals surface area contributed by atoms with E-state index in [1.165, 1.54) is 11.3 Å². The molecule has 0 saturated heterocycles. The van der Waals surface area contributed by atoms with Crippen molar-refractivity contribution in [3.8, 4) is 0 Å². The van der Waals surface area contributed by atoms with Gasteiger partial charge in [0.05, 0.1) is 6.20 Å². The van der Waals surface area contributed by atoms with Gasteiger partial charge in [-0.3, -0.25) is 0 Å². The Morgan fingerprint density at radius 3 is 2.95 bits per heavy atom. The fraction of sp³-hybridized carbons (Fsp3) is 0.438. The Morgan fingerprint density at radius 1 is 1.33 bits per heavy atom. The molecule has 2 heterocycles. The van der Waals surface area contributed by atoms with Crippen molar-refractivity contribution in [2.75, 3.05) is 16.8 Å². The first-order valence-electron chi connectivity index (χ1n) is 7.46. The minimum absolute atomic E-state index is 0.351. The van der Waals surface area contributed by atoms with Crippen molar-refractivity contribution < 1.29 is 0 Å². The van der Waals surface area contributed by atoms with Crippen LogP contribution >= 0.6 is 0 Å². The first kappa shape index (κ1) is 13.8. The number of nitrogens with one attached hydrogen (secondary N) is 1. The maximum atomic E-state index is 4.62. The van der Waals surface area contributed by atoms with E-state index in [1.54, 1.807) is 6.20 Å². The SMILES string of the molecule is CC(C)CNc1cnnc(N2c3ccccc3CC2C)n1. The molecule has 1 atom stereocenters. The molecule has 0 radical (unpaired) electrons. The van der Waals surface area contributed by atoms with Crippen LogP contribution in [0.15, 0.2) is 30.5 Å². The maximum Gasteiger partial charge on any atom is 0.252 e. The van der Waals surface area contributed by atoms with Crippen molar-refractivity contribution >= 4 is 17.5 Å². The summed E-state index contributed by atoms with van der Waals surface area (Å²) < 4.78 is 0. The van der Waals surface area contributed by atoms with Crippen molar-refractivity contribution in [3.05, 3.63) is 36.0 Å². The van der Waals surface area contributed by atoms with Crippen LogP contribution in [-0.2, 0) is 6.42 Å². The molecule has 1 N–H and O–H groups in total. The van der Waals surface area contributed by atoms with Crippen molar-refractivity contribution in [2.45, 2.75) is 33.2 Å². The van der Waals surface area contributed by atoms with Crippen LogP contribution in [0.1, 0.15) is 26.3 Å². The highest BCUT2D eigenvalue weighted by atomic mass is 15.4. The molecule has 1 aromatic heterocycles. The van der Waals surface area contributed by atoms with Gasteiger partial charge in [0.15, 0.2) is 5.82 Å². The lowest BCUT2D eigenvalue weighted by atomic mass is 10.1. The number of fused-ring (bicyclic) bond motifs is 1. The minimum atomic E-state index is 0.351. The summed E-state index contributed by atoms with van der Waals surface area (Å²) in [6, 6.07) is 8.77. The van der Waals surface area contributed by atoms with E-state index in [9.17, 15) is 0 Å². The summed E-state index contributed by atoms with van der Waals surface area (Å²) in [6.07, 6.45) is 2.70. The van der Waals surface area contributed by atoms with Crippen LogP contribution < -0.4 is 10.2 Å². The molecule has 21 heavy (non-hydrogen) atoms. The van der Waals surface area contributed by atoms with E-state index in [0.29, 0.717) is 17.9 Å². The lowest BCUT2D eigenvalue weighted by Crippen LogP contribution is -2.26. The Kier molecular flexibility index (Phi) is 3.73. The molecule has 0 aliphatic carbocycles. The lowest BCUT2D eigenvalue weighted by molar-refractivity contribution is 0.684. The van der Waals surface area contributed by atoms with Crippen LogP contribution in [0.2, 0.25) is 0 Å². The third-order valence-electron chi connectivity index (χ3n) is 3.66. The summed E-state index contributed by atoms with van der Waals surface area (Å²) >= 11 is 0. The molecule has 0 fully saturated rings. The predicted molar refractivity (Wildman–Crippen MR) is 84.9 cm³/mol. The van der Waals surface area contributed by atoms with E-state index in [2.05, 4.69) is 70.4 Å². The van der Waals surface area contributed by atoms with Crippen LogP contribution in [0, 0.1) is 5.92 Å². The number of nitrogens with zero attached hydrogens (tertiary/aromatic N) is 4. The average Bonchev–Trinajstić information content (AvgIpc) is 2.81. The molecule has 5 heteroatoms. The lowest BCUT2D eigenvalue weighted by Gasteiger charge is -2.22. The Balaban J connectivity index is 1.88.